The fourth-order valence-electron chi connectivity index (χ4n) is 2.18. The monoisotopic (exact) mass is 253 g/mol. The number of hydrogen-bond donors (Lipinski definition) is 1. The third-order valence-electron chi connectivity index (χ3n) is 3.18. The van der Waals surface area contributed by atoms with E-state index >= 15 is 0 Å². The molecule has 1 aromatic rings. The van der Waals surface area contributed by atoms with E-state index in [1.165, 1.54) is 12.1 Å². The maximum absolute atomic E-state index is 13.3. The van der Waals surface area contributed by atoms with E-state index < -0.39 is 10.7 Å². The van der Waals surface area contributed by atoms with Crippen LogP contribution in [0.4, 0.5) is 10.1 Å². The first-order valence-corrected chi connectivity index (χ1v) is 5.95. The molecule has 1 N–H and O–H groups in total. The first kappa shape index (κ1) is 12.9. The maximum Gasteiger partial charge on any atom is 0.272 e. The van der Waals surface area contributed by atoms with Crippen LogP contribution >= 0.6 is 0 Å². The molecule has 1 saturated heterocycles. The summed E-state index contributed by atoms with van der Waals surface area (Å²) in [4.78, 5) is 12.3. The molecule has 1 heterocycles. The van der Waals surface area contributed by atoms with Gasteiger partial charge in [-0.05, 0) is 18.6 Å². The first-order valence-electron chi connectivity index (χ1n) is 5.95. The molecule has 0 amide bonds. The van der Waals surface area contributed by atoms with Crippen molar-refractivity contribution >= 4 is 5.69 Å². The van der Waals surface area contributed by atoms with E-state index in [-0.39, 0.29) is 5.69 Å². The average molecular weight is 253 g/mol. The Balaban J connectivity index is 2.15. The molecule has 1 fully saturated rings. The lowest BCUT2D eigenvalue weighted by Gasteiger charge is -2.33. The van der Waals surface area contributed by atoms with Crippen molar-refractivity contribution in [2.24, 2.45) is 0 Å². The smallest absolute Gasteiger partial charge is 0.272 e. The summed E-state index contributed by atoms with van der Waals surface area (Å²) in [6.45, 7) is 5.27. The minimum absolute atomic E-state index is 0.187. The van der Waals surface area contributed by atoms with Gasteiger partial charge in [-0.3, -0.25) is 15.0 Å². The summed E-state index contributed by atoms with van der Waals surface area (Å²) < 4.78 is 13.3. The number of rotatable bonds is 3. The van der Waals surface area contributed by atoms with Crippen LogP contribution in [0.5, 0.6) is 0 Å². The van der Waals surface area contributed by atoms with E-state index in [0.717, 1.165) is 25.7 Å². The Hall–Kier alpha value is -1.53. The zero-order chi connectivity index (χ0) is 13.1. The quantitative estimate of drug-likeness (QED) is 0.655. The Morgan fingerprint density at radius 2 is 2.33 bits per heavy atom. The molecule has 0 spiro atoms. The van der Waals surface area contributed by atoms with Crippen LogP contribution in [0.2, 0.25) is 0 Å². The van der Waals surface area contributed by atoms with Gasteiger partial charge in [-0.1, -0.05) is 0 Å². The molecule has 1 aliphatic rings. The molecule has 6 heteroatoms. The number of nitro benzene ring substituents is 1. The van der Waals surface area contributed by atoms with Gasteiger partial charge in [-0.15, -0.1) is 0 Å². The summed E-state index contributed by atoms with van der Waals surface area (Å²) in [5.41, 5.74) is 0.461. The molecule has 0 aromatic heterocycles. The zero-order valence-corrected chi connectivity index (χ0v) is 10.2. The average Bonchev–Trinajstić information content (AvgIpc) is 2.31. The lowest BCUT2D eigenvalue weighted by atomic mass is 10.1. The highest BCUT2D eigenvalue weighted by molar-refractivity contribution is 5.35. The molecular weight excluding hydrogens is 237 g/mol. The predicted octanol–water partition coefficient (Wildman–Crippen LogP) is 1.53. The minimum atomic E-state index is -0.562. The van der Waals surface area contributed by atoms with Crippen LogP contribution in [0, 0.1) is 15.9 Å². The van der Waals surface area contributed by atoms with Crippen molar-refractivity contribution in [2.45, 2.75) is 19.5 Å². The molecule has 2 rings (SSSR count). The molecule has 5 nitrogen and oxygen atoms in total. The SMILES string of the molecule is C[C@@H]1CNCCN1Cc1cc(F)cc([N+](=O)[O-])c1. The first-order chi connectivity index (χ1) is 8.56. The van der Waals surface area contributed by atoms with Gasteiger partial charge in [0.05, 0.1) is 11.0 Å². The molecule has 0 radical (unpaired) electrons. The van der Waals surface area contributed by atoms with Gasteiger partial charge < -0.3 is 5.32 Å². The summed E-state index contributed by atoms with van der Waals surface area (Å²) in [6.07, 6.45) is 0. The molecule has 0 unspecified atom stereocenters. The summed E-state index contributed by atoms with van der Waals surface area (Å²) in [6, 6.07) is 4.10. The molecule has 0 bridgehead atoms. The number of nitro groups is 1. The molecule has 1 atom stereocenters. The number of nitrogens with zero attached hydrogens (tertiary/aromatic N) is 2. The van der Waals surface area contributed by atoms with Gasteiger partial charge in [-0.2, -0.15) is 0 Å². The van der Waals surface area contributed by atoms with Gasteiger partial charge in [0.25, 0.3) is 5.69 Å². The molecule has 98 valence electrons. The van der Waals surface area contributed by atoms with Gasteiger partial charge in [0.15, 0.2) is 0 Å². The number of benzene rings is 1. The lowest BCUT2D eigenvalue weighted by Crippen LogP contribution is -2.49. The zero-order valence-electron chi connectivity index (χ0n) is 10.2. The van der Waals surface area contributed by atoms with E-state index in [2.05, 4.69) is 17.1 Å². The van der Waals surface area contributed by atoms with Crippen LogP contribution in [-0.4, -0.2) is 35.5 Å². The molecule has 1 aliphatic heterocycles. The number of nitrogens with one attached hydrogen (secondary N) is 1. The van der Waals surface area contributed by atoms with Crippen molar-refractivity contribution in [3.8, 4) is 0 Å². The van der Waals surface area contributed by atoms with Crippen molar-refractivity contribution in [1.29, 1.82) is 0 Å². The van der Waals surface area contributed by atoms with E-state index in [0.29, 0.717) is 18.2 Å². The third kappa shape index (κ3) is 3.02. The van der Waals surface area contributed by atoms with Crippen LogP contribution in [0.1, 0.15) is 12.5 Å². The Morgan fingerprint density at radius 3 is 3.00 bits per heavy atom. The number of hydrogen-bond acceptors (Lipinski definition) is 4. The van der Waals surface area contributed by atoms with Crippen LogP contribution in [-0.2, 0) is 6.54 Å². The second kappa shape index (κ2) is 5.41. The topological polar surface area (TPSA) is 58.4 Å². The Bertz CT molecular complexity index is 453. The third-order valence-corrected chi connectivity index (χ3v) is 3.18. The second-order valence-electron chi connectivity index (χ2n) is 4.60. The van der Waals surface area contributed by atoms with E-state index in [1.54, 1.807) is 0 Å². The largest absolute Gasteiger partial charge is 0.314 e. The minimum Gasteiger partial charge on any atom is -0.314 e. The summed E-state index contributed by atoms with van der Waals surface area (Å²) >= 11 is 0. The molecule has 18 heavy (non-hydrogen) atoms. The standard InChI is InChI=1S/C12H16FN3O2/c1-9-7-14-2-3-15(9)8-10-4-11(13)6-12(5-10)16(17)18/h4-6,9,14H,2-3,7-8H2,1H3/t9-/m1/s1. The fourth-order valence-corrected chi connectivity index (χ4v) is 2.18. The molecule has 0 aliphatic carbocycles. The second-order valence-corrected chi connectivity index (χ2v) is 4.60. The highest BCUT2D eigenvalue weighted by Crippen LogP contribution is 2.18. The number of piperazine rings is 1. The normalized spacial score (nSPS) is 20.9. The Morgan fingerprint density at radius 1 is 1.56 bits per heavy atom. The van der Waals surface area contributed by atoms with Gasteiger partial charge in [0.2, 0.25) is 0 Å². The summed E-state index contributed by atoms with van der Waals surface area (Å²) in [5, 5.41) is 13.9. The van der Waals surface area contributed by atoms with Gasteiger partial charge in [0.1, 0.15) is 5.82 Å². The van der Waals surface area contributed by atoms with Gasteiger partial charge in [-0.25, -0.2) is 4.39 Å². The van der Waals surface area contributed by atoms with E-state index in [4.69, 9.17) is 0 Å². The van der Waals surface area contributed by atoms with Crippen LogP contribution < -0.4 is 5.32 Å². The van der Waals surface area contributed by atoms with Crippen LogP contribution in [0.15, 0.2) is 18.2 Å². The summed E-state index contributed by atoms with van der Waals surface area (Å²) in [5.74, 6) is -0.554. The maximum atomic E-state index is 13.3. The van der Waals surface area contributed by atoms with Crippen molar-refractivity contribution in [3.05, 3.63) is 39.7 Å². The van der Waals surface area contributed by atoms with E-state index in [9.17, 15) is 14.5 Å². The number of non-ortho nitro benzene ring substituents is 1. The molecular formula is C12H16FN3O2. The van der Waals surface area contributed by atoms with Gasteiger partial charge in [0, 0.05) is 38.3 Å². The Labute approximate surface area is 105 Å². The Kier molecular flexibility index (Phi) is 3.88. The van der Waals surface area contributed by atoms with Crippen molar-refractivity contribution < 1.29 is 9.31 Å². The fraction of sp³-hybridized carbons (Fsp3) is 0.500. The van der Waals surface area contributed by atoms with Crippen molar-refractivity contribution in [3.63, 3.8) is 0 Å². The van der Waals surface area contributed by atoms with E-state index in [1.807, 2.05) is 0 Å². The lowest BCUT2D eigenvalue weighted by molar-refractivity contribution is -0.385. The van der Waals surface area contributed by atoms with Crippen molar-refractivity contribution in [1.82, 2.24) is 10.2 Å². The number of halogens is 1. The highest BCUT2D eigenvalue weighted by atomic mass is 19.1. The van der Waals surface area contributed by atoms with Crippen LogP contribution in [0.25, 0.3) is 0 Å². The molecule has 0 saturated carbocycles. The van der Waals surface area contributed by atoms with Gasteiger partial charge >= 0.3 is 0 Å². The predicted molar refractivity (Wildman–Crippen MR) is 65.8 cm³/mol. The summed E-state index contributed by atoms with van der Waals surface area (Å²) in [7, 11) is 0. The van der Waals surface area contributed by atoms with Crippen LogP contribution in [0.3, 0.4) is 0 Å². The highest BCUT2D eigenvalue weighted by Gasteiger charge is 2.19. The molecule has 1 aromatic carbocycles. The van der Waals surface area contributed by atoms with Crippen molar-refractivity contribution in [2.75, 3.05) is 19.6 Å².